The molecule has 6 nitrogen and oxygen atoms in total. The van der Waals surface area contributed by atoms with Gasteiger partial charge in [-0.2, -0.15) is 0 Å². The molecule has 6 rings (SSSR count). The number of amides is 1. The molecule has 0 fully saturated rings. The first-order valence-corrected chi connectivity index (χ1v) is 10.2. The number of rotatable bonds is 4. The Morgan fingerprint density at radius 3 is 2.59 bits per heavy atom. The highest BCUT2D eigenvalue weighted by Crippen LogP contribution is 2.31. The second-order valence-corrected chi connectivity index (χ2v) is 7.54. The minimum atomic E-state index is -0.231. The first-order valence-electron chi connectivity index (χ1n) is 10.2. The number of hydrogen-bond donors (Lipinski definition) is 0. The van der Waals surface area contributed by atoms with E-state index in [9.17, 15) is 4.79 Å². The summed E-state index contributed by atoms with van der Waals surface area (Å²) in [6, 6.07) is 23.3. The van der Waals surface area contributed by atoms with Crippen molar-refractivity contribution in [2.24, 2.45) is 9.98 Å². The van der Waals surface area contributed by atoms with Crippen molar-refractivity contribution >= 4 is 40.2 Å². The van der Waals surface area contributed by atoms with Crippen molar-refractivity contribution < 1.29 is 13.6 Å². The Morgan fingerprint density at radius 1 is 0.938 bits per heavy atom. The molecule has 2 aliphatic heterocycles. The Kier molecular flexibility index (Phi) is 4.21. The fourth-order valence-corrected chi connectivity index (χ4v) is 3.84. The summed E-state index contributed by atoms with van der Waals surface area (Å²) in [7, 11) is 0. The van der Waals surface area contributed by atoms with Crippen LogP contribution >= 0.6 is 0 Å². The number of aliphatic imine (C=N–C) groups is 2. The van der Waals surface area contributed by atoms with Crippen LogP contribution in [-0.2, 0) is 11.2 Å². The van der Waals surface area contributed by atoms with Crippen LogP contribution in [0.1, 0.15) is 17.1 Å². The van der Waals surface area contributed by atoms with E-state index in [-0.39, 0.29) is 5.91 Å². The number of benzene rings is 2. The van der Waals surface area contributed by atoms with Gasteiger partial charge < -0.3 is 8.83 Å². The standard InChI is InChI=1S/C26H17N3O3/c30-26-21(15-19-10-6-12-31-19)28-25-20(13-17-7-2-1-3-8-17)27-22(16-29(25)26)24-14-18-9-4-5-11-23(18)32-24/h1-12,14-16H,13H2. The first kappa shape index (κ1) is 18.3. The third kappa shape index (κ3) is 3.18. The van der Waals surface area contributed by atoms with Gasteiger partial charge in [0.25, 0.3) is 5.91 Å². The number of fused-ring (bicyclic) bond motifs is 2. The molecular formula is C26H17N3O3. The maximum atomic E-state index is 13.2. The smallest absolute Gasteiger partial charge is 0.282 e. The van der Waals surface area contributed by atoms with Crippen molar-refractivity contribution in [1.29, 1.82) is 0 Å². The van der Waals surface area contributed by atoms with Gasteiger partial charge in [-0.05, 0) is 29.8 Å². The van der Waals surface area contributed by atoms with Crippen LogP contribution in [0.25, 0.3) is 22.7 Å². The molecule has 4 aromatic rings. The minimum Gasteiger partial charge on any atom is -0.465 e. The zero-order valence-corrected chi connectivity index (χ0v) is 16.9. The SMILES string of the molecule is O=C1C(=Cc2ccco2)N=C2C(Cc3ccccc3)=NC(c3cc4ccccc4o3)=CN12. The van der Waals surface area contributed by atoms with Crippen molar-refractivity contribution in [2.75, 3.05) is 0 Å². The maximum Gasteiger partial charge on any atom is 0.282 e. The number of para-hydroxylation sites is 1. The molecule has 0 radical (unpaired) electrons. The van der Waals surface area contributed by atoms with Gasteiger partial charge in [-0.25, -0.2) is 9.98 Å². The molecule has 0 bridgehead atoms. The molecule has 1 amide bonds. The fraction of sp³-hybridized carbons (Fsp3) is 0.0385. The van der Waals surface area contributed by atoms with E-state index in [1.165, 1.54) is 0 Å². The minimum absolute atomic E-state index is 0.231. The summed E-state index contributed by atoms with van der Waals surface area (Å²) in [6.45, 7) is 0. The van der Waals surface area contributed by atoms with Crippen LogP contribution in [0.4, 0.5) is 0 Å². The zero-order valence-electron chi connectivity index (χ0n) is 16.9. The molecule has 0 N–H and O–H groups in total. The lowest BCUT2D eigenvalue weighted by atomic mass is 10.1. The molecule has 0 saturated carbocycles. The second-order valence-electron chi connectivity index (χ2n) is 7.54. The van der Waals surface area contributed by atoms with Gasteiger partial charge in [-0.1, -0.05) is 48.5 Å². The zero-order chi connectivity index (χ0) is 21.5. The Hall–Kier alpha value is -4.45. The van der Waals surface area contributed by atoms with Gasteiger partial charge in [0.15, 0.2) is 11.6 Å². The Balaban J connectivity index is 1.45. The lowest BCUT2D eigenvalue weighted by molar-refractivity contribution is -0.120. The van der Waals surface area contributed by atoms with E-state index >= 15 is 0 Å². The molecule has 0 atom stereocenters. The third-order valence-electron chi connectivity index (χ3n) is 5.37. The maximum absolute atomic E-state index is 13.2. The van der Waals surface area contributed by atoms with Gasteiger partial charge in [0.2, 0.25) is 0 Å². The summed E-state index contributed by atoms with van der Waals surface area (Å²) < 4.78 is 11.4. The van der Waals surface area contributed by atoms with Crippen LogP contribution < -0.4 is 0 Å². The number of furan rings is 2. The quantitative estimate of drug-likeness (QED) is 0.421. The van der Waals surface area contributed by atoms with E-state index in [0.717, 1.165) is 16.5 Å². The van der Waals surface area contributed by atoms with E-state index in [2.05, 4.69) is 4.99 Å². The molecule has 0 saturated heterocycles. The van der Waals surface area contributed by atoms with Gasteiger partial charge in [0.05, 0.1) is 12.0 Å². The Bertz CT molecular complexity index is 1420. The third-order valence-corrected chi connectivity index (χ3v) is 5.37. The molecule has 2 aromatic heterocycles. The summed E-state index contributed by atoms with van der Waals surface area (Å²) >= 11 is 0. The summed E-state index contributed by atoms with van der Waals surface area (Å²) in [5.41, 5.74) is 3.44. The highest BCUT2D eigenvalue weighted by atomic mass is 16.3. The molecule has 2 aliphatic rings. The largest absolute Gasteiger partial charge is 0.465 e. The van der Waals surface area contributed by atoms with Gasteiger partial charge in [-0.15, -0.1) is 0 Å². The van der Waals surface area contributed by atoms with Crippen LogP contribution in [0.5, 0.6) is 0 Å². The van der Waals surface area contributed by atoms with Crippen LogP contribution in [0, 0.1) is 0 Å². The normalized spacial score (nSPS) is 16.9. The van der Waals surface area contributed by atoms with E-state index in [4.69, 9.17) is 13.8 Å². The van der Waals surface area contributed by atoms with E-state index in [1.807, 2.05) is 60.7 Å². The highest BCUT2D eigenvalue weighted by molar-refractivity contribution is 6.48. The molecule has 6 heteroatoms. The average Bonchev–Trinajstić information content (AvgIpc) is 3.55. The molecule has 0 unspecified atom stereocenters. The average molecular weight is 419 g/mol. The predicted octanol–water partition coefficient (Wildman–Crippen LogP) is 5.30. The first-order chi connectivity index (χ1) is 15.7. The molecule has 154 valence electrons. The molecule has 0 aliphatic carbocycles. The second kappa shape index (κ2) is 7.35. The van der Waals surface area contributed by atoms with E-state index in [1.54, 1.807) is 35.6 Å². The molecule has 4 heterocycles. The van der Waals surface area contributed by atoms with Crippen LogP contribution in [0.15, 0.2) is 110 Å². The Labute approximate surface area is 183 Å². The van der Waals surface area contributed by atoms with Gasteiger partial charge in [0, 0.05) is 24.1 Å². The lowest BCUT2D eigenvalue weighted by Crippen LogP contribution is -2.36. The monoisotopic (exact) mass is 419 g/mol. The van der Waals surface area contributed by atoms with E-state index < -0.39 is 0 Å². The van der Waals surface area contributed by atoms with E-state index in [0.29, 0.717) is 40.9 Å². The summed E-state index contributed by atoms with van der Waals surface area (Å²) in [5, 5.41) is 0.980. The topological polar surface area (TPSA) is 71.3 Å². The number of nitrogens with zero attached hydrogens (tertiary/aromatic N) is 3. The van der Waals surface area contributed by atoms with Crippen molar-refractivity contribution in [3.63, 3.8) is 0 Å². The van der Waals surface area contributed by atoms with Crippen molar-refractivity contribution in [3.05, 3.63) is 108 Å². The molecule has 0 spiro atoms. The van der Waals surface area contributed by atoms with Gasteiger partial charge >= 0.3 is 0 Å². The lowest BCUT2D eigenvalue weighted by Gasteiger charge is -2.21. The molecular weight excluding hydrogens is 402 g/mol. The van der Waals surface area contributed by atoms with Gasteiger partial charge in [-0.3, -0.25) is 9.69 Å². The number of carbonyl (C=O) groups excluding carboxylic acids is 1. The van der Waals surface area contributed by atoms with Crippen molar-refractivity contribution in [2.45, 2.75) is 6.42 Å². The van der Waals surface area contributed by atoms with Crippen LogP contribution in [0.2, 0.25) is 0 Å². The summed E-state index contributed by atoms with van der Waals surface area (Å²) in [4.78, 5) is 24.2. The molecule has 2 aromatic carbocycles. The fourth-order valence-electron chi connectivity index (χ4n) is 3.84. The van der Waals surface area contributed by atoms with Crippen LogP contribution in [0.3, 0.4) is 0 Å². The van der Waals surface area contributed by atoms with Crippen molar-refractivity contribution in [1.82, 2.24) is 4.90 Å². The van der Waals surface area contributed by atoms with Gasteiger partial charge in [0.1, 0.15) is 22.7 Å². The number of hydrogen-bond acceptors (Lipinski definition) is 5. The highest BCUT2D eigenvalue weighted by Gasteiger charge is 2.35. The molecule has 32 heavy (non-hydrogen) atoms. The summed E-state index contributed by atoms with van der Waals surface area (Å²) in [5.74, 6) is 1.47. The van der Waals surface area contributed by atoms with Crippen molar-refractivity contribution in [3.8, 4) is 0 Å². The predicted molar refractivity (Wildman–Crippen MR) is 123 cm³/mol. The number of carbonyl (C=O) groups is 1. The number of amidine groups is 1. The Morgan fingerprint density at radius 2 is 1.78 bits per heavy atom. The van der Waals surface area contributed by atoms with Crippen LogP contribution in [-0.4, -0.2) is 22.4 Å². The summed E-state index contributed by atoms with van der Waals surface area (Å²) in [6.07, 6.45) is 5.43.